The maximum Gasteiger partial charge on any atom is 0.270 e. The summed E-state index contributed by atoms with van der Waals surface area (Å²) in [6, 6.07) is 12.9. The zero-order valence-electron chi connectivity index (χ0n) is 14.2. The van der Waals surface area contributed by atoms with Crippen molar-refractivity contribution in [1.29, 1.82) is 0 Å². The molecule has 0 amide bonds. The number of para-hydroxylation sites is 1. The molecule has 0 radical (unpaired) electrons. The Kier molecular flexibility index (Phi) is 5.47. The fourth-order valence-electron chi connectivity index (χ4n) is 2.78. The second-order valence-electron chi connectivity index (χ2n) is 5.81. The van der Waals surface area contributed by atoms with Crippen molar-refractivity contribution >= 4 is 46.0 Å². The summed E-state index contributed by atoms with van der Waals surface area (Å²) < 4.78 is 1.52. The van der Waals surface area contributed by atoms with Crippen LogP contribution in [0.2, 0.25) is 0 Å². The van der Waals surface area contributed by atoms with E-state index in [1.54, 1.807) is 12.3 Å². The number of nitro groups is 1. The van der Waals surface area contributed by atoms with Gasteiger partial charge in [0.2, 0.25) is 5.91 Å². The van der Waals surface area contributed by atoms with Crippen LogP contribution in [0, 0.1) is 10.1 Å². The van der Waals surface area contributed by atoms with Crippen molar-refractivity contribution in [2.45, 2.75) is 6.42 Å². The molecule has 1 aromatic heterocycles. The zero-order valence-corrected chi connectivity index (χ0v) is 14.9. The summed E-state index contributed by atoms with van der Waals surface area (Å²) in [6.07, 6.45) is 4.82. The van der Waals surface area contributed by atoms with E-state index in [-0.39, 0.29) is 35.2 Å². The highest BCUT2D eigenvalue weighted by molar-refractivity contribution is 6.19. The molecule has 0 bridgehead atoms. The number of alkyl halides is 1. The zero-order chi connectivity index (χ0) is 19.4. The highest BCUT2D eigenvalue weighted by atomic mass is 35.5. The molecule has 0 saturated heterocycles. The van der Waals surface area contributed by atoms with Crippen LogP contribution in [-0.4, -0.2) is 27.1 Å². The van der Waals surface area contributed by atoms with Gasteiger partial charge in [-0.1, -0.05) is 30.3 Å². The van der Waals surface area contributed by atoms with Gasteiger partial charge in [0.1, 0.15) is 0 Å². The van der Waals surface area contributed by atoms with E-state index in [2.05, 4.69) is 0 Å². The summed E-state index contributed by atoms with van der Waals surface area (Å²) in [5, 5.41) is 11.7. The topological polar surface area (TPSA) is 82.2 Å². The summed E-state index contributed by atoms with van der Waals surface area (Å²) in [7, 11) is 0. The van der Waals surface area contributed by atoms with Crippen molar-refractivity contribution < 1.29 is 14.5 Å². The lowest BCUT2D eigenvalue weighted by Crippen LogP contribution is -2.09. The Morgan fingerprint density at radius 2 is 1.93 bits per heavy atom. The lowest BCUT2D eigenvalue weighted by Gasteiger charge is -2.01. The Morgan fingerprint density at radius 1 is 1.15 bits per heavy atom. The lowest BCUT2D eigenvalue weighted by atomic mass is 10.1. The van der Waals surface area contributed by atoms with E-state index in [9.17, 15) is 19.7 Å². The number of hydrogen-bond donors (Lipinski definition) is 0. The number of carbonyl (C=O) groups is 2. The predicted octanol–water partition coefficient (Wildman–Crippen LogP) is 4.71. The molecule has 0 N–H and O–H groups in total. The smallest absolute Gasteiger partial charge is 0.270 e. The normalized spacial score (nSPS) is 11.1. The monoisotopic (exact) mass is 382 g/mol. The summed E-state index contributed by atoms with van der Waals surface area (Å²) in [4.78, 5) is 34.9. The van der Waals surface area contributed by atoms with Crippen molar-refractivity contribution in [1.82, 2.24) is 4.57 Å². The molecule has 0 aliphatic heterocycles. The highest BCUT2D eigenvalue weighted by Gasteiger charge is 2.13. The highest BCUT2D eigenvalue weighted by Crippen LogP contribution is 2.23. The summed E-state index contributed by atoms with van der Waals surface area (Å²) >= 11 is 5.67. The lowest BCUT2D eigenvalue weighted by molar-refractivity contribution is -0.384. The molecule has 0 spiro atoms. The minimum atomic E-state index is -0.545. The quantitative estimate of drug-likeness (QED) is 0.203. The van der Waals surface area contributed by atoms with Crippen LogP contribution >= 0.6 is 11.6 Å². The number of hydrogen-bond acceptors (Lipinski definition) is 4. The van der Waals surface area contributed by atoms with E-state index >= 15 is 0 Å². The van der Waals surface area contributed by atoms with Gasteiger partial charge in [-0.15, -0.1) is 11.6 Å². The third-order valence-electron chi connectivity index (χ3n) is 4.08. The minimum Gasteiger partial charge on any atom is -0.289 e. The van der Waals surface area contributed by atoms with Crippen LogP contribution in [0.3, 0.4) is 0 Å². The van der Waals surface area contributed by atoms with E-state index in [1.165, 1.54) is 34.9 Å². The van der Waals surface area contributed by atoms with Crippen LogP contribution in [0.4, 0.5) is 5.69 Å². The Bertz CT molecular complexity index is 1070. The molecule has 0 fully saturated rings. The third kappa shape index (κ3) is 3.96. The van der Waals surface area contributed by atoms with E-state index in [0.29, 0.717) is 5.56 Å². The molecule has 2 aromatic carbocycles. The van der Waals surface area contributed by atoms with Gasteiger partial charge in [-0.3, -0.25) is 24.3 Å². The third-order valence-corrected chi connectivity index (χ3v) is 4.26. The molecular formula is C20H15ClN2O4. The number of non-ortho nitro benzene ring substituents is 1. The predicted molar refractivity (Wildman–Crippen MR) is 104 cm³/mol. The molecule has 1 heterocycles. The molecule has 0 unspecified atom stereocenters. The van der Waals surface area contributed by atoms with Crippen LogP contribution < -0.4 is 0 Å². The molecular weight excluding hydrogens is 368 g/mol. The van der Waals surface area contributed by atoms with Crippen LogP contribution in [0.15, 0.2) is 60.8 Å². The molecule has 0 saturated carbocycles. The van der Waals surface area contributed by atoms with Gasteiger partial charge in [0, 0.05) is 47.1 Å². The fraction of sp³-hybridized carbons (Fsp3) is 0.100. The first-order valence-corrected chi connectivity index (χ1v) is 8.71. The largest absolute Gasteiger partial charge is 0.289 e. The maximum atomic E-state index is 12.4. The average Bonchev–Trinajstić information content (AvgIpc) is 3.05. The number of aromatic nitrogens is 1. The van der Waals surface area contributed by atoms with Gasteiger partial charge in [-0.25, -0.2) is 0 Å². The summed E-state index contributed by atoms with van der Waals surface area (Å²) in [6.45, 7) is 0. The van der Waals surface area contributed by atoms with Crippen LogP contribution in [0.5, 0.6) is 0 Å². The van der Waals surface area contributed by atoms with E-state index in [0.717, 1.165) is 10.9 Å². The summed E-state index contributed by atoms with van der Waals surface area (Å²) in [5.74, 6) is -0.268. The number of benzene rings is 2. The molecule has 0 aliphatic rings. The van der Waals surface area contributed by atoms with Gasteiger partial charge in [0.15, 0.2) is 5.78 Å². The van der Waals surface area contributed by atoms with Crippen LogP contribution in [0.1, 0.15) is 27.1 Å². The molecule has 27 heavy (non-hydrogen) atoms. The van der Waals surface area contributed by atoms with Crippen molar-refractivity contribution in [3.63, 3.8) is 0 Å². The number of ketones is 1. The van der Waals surface area contributed by atoms with E-state index in [1.807, 2.05) is 24.3 Å². The van der Waals surface area contributed by atoms with E-state index < -0.39 is 4.92 Å². The van der Waals surface area contributed by atoms with Crippen molar-refractivity contribution in [3.05, 3.63) is 82.0 Å². The van der Waals surface area contributed by atoms with E-state index in [4.69, 9.17) is 11.6 Å². The number of halogens is 1. The second kappa shape index (κ2) is 7.97. The average molecular weight is 383 g/mol. The maximum absolute atomic E-state index is 12.4. The minimum absolute atomic E-state index is 0.133. The van der Waals surface area contributed by atoms with Gasteiger partial charge in [0.05, 0.1) is 10.4 Å². The van der Waals surface area contributed by atoms with Gasteiger partial charge in [-0.2, -0.15) is 0 Å². The van der Waals surface area contributed by atoms with Crippen LogP contribution in [0.25, 0.3) is 17.0 Å². The molecule has 6 nitrogen and oxygen atoms in total. The summed E-state index contributed by atoms with van der Waals surface area (Å²) in [5.41, 5.74) is 1.52. The molecule has 7 heteroatoms. The number of nitrogens with zero attached hydrogens (tertiary/aromatic N) is 2. The van der Waals surface area contributed by atoms with Gasteiger partial charge >= 0.3 is 0 Å². The Balaban J connectivity index is 1.94. The fourth-order valence-corrected chi connectivity index (χ4v) is 2.94. The van der Waals surface area contributed by atoms with Crippen LogP contribution in [-0.2, 0) is 0 Å². The number of fused-ring (bicyclic) bond motifs is 1. The molecule has 0 atom stereocenters. The van der Waals surface area contributed by atoms with Gasteiger partial charge in [0.25, 0.3) is 5.69 Å². The molecule has 136 valence electrons. The first kappa shape index (κ1) is 18.5. The van der Waals surface area contributed by atoms with Crippen molar-refractivity contribution in [3.8, 4) is 0 Å². The first-order chi connectivity index (χ1) is 13.0. The standard InChI is InChI=1S/C20H15ClN2O4/c21-11-10-20(25)22-13-15(17-6-1-2-7-18(17)22)8-9-19(24)14-4-3-5-16(12-14)23(26)27/h1-9,12-13H,10-11H2. The van der Waals surface area contributed by atoms with Gasteiger partial charge in [-0.05, 0) is 18.2 Å². The number of rotatable bonds is 6. The molecule has 3 rings (SSSR count). The number of allylic oxidation sites excluding steroid dienone is 1. The second-order valence-corrected chi connectivity index (χ2v) is 6.19. The van der Waals surface area contributed by atoms with Crippen molar-refractivity contribution in [2.24, 2.45) is 0 Å². The Morgan fingerprint density at radius 3 is 2.67 bits per heavy atom. The van der Waals surface area contributed by atoms with Gasteiger partial charge < -0.3 is 0 Å². The first-order valence-electron chi connectivity index (χ1n) is 8.17. The Labute approximate surface area is 159 Å². The number of carbonyl (C=O) groups excluding carboxylic acids is 2. The molecule has 0 aliphatic carbocycles. The Hall–Kier alpha value is -3.25. The van der Waals surface area contributed by atoms with Crippen molar-refractivity contribution in [2.75, 3.05) is 5.88 Å². The molecule has 3 aromatic rings. The number of nitro benzene ring substituents is 1. The SMILES string of the molecule is O=C(C=Cc1cn(C(=O)CCCl)c2ccccc12)c1cccc([N+](=O)[O-])c1.